The zero-order chi connectivity index (χ0) is 18.9. The van der Waals surface area contributed by atoms with Gasteiger partial charge in [-0.05, 0) is 33.0 Å². The molecule has 0 fully saturated rings. The van der Waals surface area contributed by atoms with Crippen molar-refractivity contribution in [3.05, 3.63) is 42.1 Å². The van der Waals surface area contributed by atoms with E-state index >= 15 is 0 Å². The Bertz CT molecular complexity index is 701. The van der Waals surface area contributed by atoms with Crippen LogP contribution in [0.4, 0.5) is 5.82 Å². The summed E-state index contributed by atoms with van der Waals surface area (Å²) in [5, 5.41) is 6.24. The number of benzene rings is 1. The molecule has 0 bridgehead atoms. The van der Waals surface area contributed by atoms with Crippen LogP contribution >= 0.6 is 0 Å². The van der Waals surface area contributed by atoms with Crippen molar-refractivity contribution in [3.8, 4) is 11.4 Å². The lowest BCUT2D eigenvalue weighted by Gasteiger charge is -2.13. The lowest BCUT2D eigenvalue weighted by molar-refractivity contribution is 0.0944. The summed E-state index contributed by atoms with van der Waals surface area (Å²) in [6.07, 6.45) is 0.993. The maximum Gasteiger partial charge on any atom is 0.270 e. The van der Waals surface area contributed by atoms with Crippen LogP contribution in [0.1, 0.15) is 30.8 Å². The van der Waals surface area contributed by atoms with Crippen LogP contribution in [0.25, 0.3) is 11.4 Å². The van der Waals surface area contributed by atoms with Crippen molar-refractivity contribution in [1.29, 1.82) is 0 Å². The molecule has 2 N–H and O–H groups in total. The van der Waals surface area contributed by atoms with Crippen molar-refractivity contribution in [2.45, 2.75) is 20.3 Å². The molecule has 1 aromatic heterocycles. The summed E-state index contributed by atoms with van der Waals surface area (Å²) in [5.41, 5.74) is 1.27. The molecular formula is C20H29N5O. The zero-order valence-corrected chi connectivity index (χ0v) is 16.1. The summed E-state index contributed by atoms with van der Waals surface area (Å²) >= 11 is 0. The predicted octanol–water partition coefficient (Wildman–Crippen LogP) is 2.89. The molecule has 0 spiro atoms. The van der Waals surface area contributed by atoms with Gasteiger partial charge in [-0.25, -0.2) is 9.97 Å². The Balaban J connectivity index is 2.20. The average molecular weight is 355 g/mol. The molecule has 2 rings (SSSR count). The summed E-state index contributed by atoms with van der Waals surface area (Å²) in [4.78, 5) is 23.7. The number of aromatic nitrogens is 2. The molecule has 0 saturated carbocycles. The van der Waals surface area contributed by atoms with E-state index in [1.807, 2.05) is 30.3 Å². The number of carbonyl (C=O) groups excluding carboxylic acids is 1. The Kier molecular flexibility index (Phi) is 7.53. The molecule has 6 nitrogen and oxygen atoms in total. The van der Waals surface area contributed by atoms with E-state index in [0.29, 0.717) is 29.8 Å². The Morgan fingerprint density at radius 2 is 1.88 bits per heavy atom. The minimum absolute atomic E-state index is 0.172. The van der Waals surface area contributed by atoms with Gasteiger partial charge in [-0.15, -0.1) is 0 Å². The molecule has 0 radical (unpaired) electrons. The molecule has 26 heavy (non-hydrogen) atoms. The highest BCUT2D eigenvalue weighted by Gasteiger charge is 2.13. The third kappa shape index (κ3) is 6.44. The first-order chi connectivity index (χ1) is 12.5. The lowest BCUT2D eigenvalue weighted by Crippen LogP contribution is -2.28. The van der Waals surface area contributed by atoms with Gasteiger partial charge in [0.05, 0.1) is 0 Å². The maximum absolute atomic E-state index is 12.5. The van der Waals surface area contributed by atoms with Crippen molar-refractivity contribution in [3.63, 3.8) is 0 Å². The number of rotatable bonds is 9. The first-order valence-electron chi connectivity index (χ1n) is 9.07. The molecular weight excluding hydrogens is 326 g/mol. The van der Waals surface area contributed by atoms with Gasteiger partial charge in [0, 0.05) is 24.7 Å². The predicted molar refractivity (Wildman–Crippen MR) is 106 cm³/mol. The zero-order valence-electron chi connectivity index (χ0n) is 16.1. The molecule has 1 aromatic carbocycles. The number of hydrogen-bond acceptors (Lipinski definition) is 5. The van der Waals surface area contributed by atoms with Crippen molar-refractivity contribution in [2.75, 3.05) is 39.0 Å². The Hall–Kier alpha value is -2.47. The first kappa shape index (κ1) is 19.8. The number of anilines is 1. The van der Waals surface area contributed by atoms with Crippen molar-refractivity contribution in [2.24, 2.45) is 5.92 Å². The SMILES string of the molecule is CC(C)CNC(=O)c1cc(NCCCN(C)C)nc(-c2ccccc2)n1. The third-order valence-electron chi connectivity index (χ3n) is 3.75. The van der Waals surface area contributed by atoms with Gasteiger partial charge in [0.15, 0.2) is 5.82 Å². The fourth-order valence-electron chi connectivity index (χ4n) is 2.37. The van der Waals surface area contributed by atoms with Crippen molar-refractivity contribution >= 4 is 11.7 Å². The number of nitrogens with zero attached hydrogens (tertiary/aromatic N) is 3. The highest BCUT2D eigenvalue weighted by Crippen LogP contribution is 2.18. The van der Waals surface area contributed by atoms with Crippen molar-refractivity contribution < 1.29 is 4.79 Å². The van der Waals surface area contributed by atoms with Gasteiger partial charge < -0.3 is 15.5 Å². The fraction of sp³-hybridized carbons (Fsp3) is 0.450. The van der Waals surface area contributed by atoms with Gasteiger partial charge in [-0.3, -0.25) is 4.79 Å². The van der Waals surface area contributed by atoms with Gasteiger partial charge in [-0.2, -0.15) is 0 Å². The molecule has 0 aliphatic heterocycles. The minimum Gasteiger partial charge on any atom is -0.370 e. The molecule has 0 saturated heterocycles. The van der Waals surface area contributed by atoms with Gasteiger partial charge in [-0.1, -0.05) is 44.2 Å². The highest BCUT2D eigenvalue weighted by atomic mass is 16.1. The van der Waals surface area contributed by atoms with E-state index < -0.39 is 0 Å². The summed E-state index contributed by atoms with van der Waals surface area (Å²) < 4.78 is 0. The first-order valence-corrected chi connectivity index (χ1v) is 9.07. The van der Waals surface area contributed by atoms with Crippen LogP contribution in [-0.4, -0.2) is 54.5 Å². The molecule has 0 aliphatic carbocycles. The second-order valence-corrected chi connectivity index (χ2v) is 7.02. The largest absolute Gasteiger partial charge is 0.370 e. The molecule has 2 aromatic rings. The topological polar surface area (TPSA) is 70.2 Å². The van der Waals surface area contributed by atoms with Crippen LogP contribution in [0.15, 0.2) is 36.4 Å². The fourth-order valence-corrected chi connectivity index (χ4v) is 2.37. The van der Waals surface area contributed by atoms with Gasteiger partial charge in [0.25, 0.3) is 5.91 Å². The second kappa shape index (κ2) is 9.87. The maximum atomic E-state index is 12.5. The molecule has 1 amide bonds. The normalized spacial score (nSPS) is 11.0. The van der Waals surface area contributed by atoms with Crippen LogP contribution in [0, 0.1) is 5.92 Å². The smallest absolute Gasteiger partial charge is 0.270 e. The summed E-state index contributed by atoms with van der Waals surface area (Å²) in [7, 11) is 4.10. The monoisotopic (exact) mass is 355 g/mol. The van der Waals surface area contributed by atoms with E-state index in [1.165, 1.54) is 0 Å². The average Bonchev–Trinajstić information content (AvgIpc) is 2.63. The highest BCUT2D eigenvalue weighted by molar-refractivity contribution is 5.93. The molecule has 1 heterocycles. The van der Waals surface area contributed by atoms with Crippen LogP contribution in [0.5, 0.6) is 0 Å². The molecule has 6 heteroatoms. The number of nitrogens with one attached hydrogen (secondary N) is 2. The van der Waals surface area contributed by atoms with E-state index in [2.05, 4.69) is 53.4 Å². The van der Waals surface area contributed by atoms with Gasteiger partial charge in [0.1, 0.15) is 11.5 Å². The van der Waals surface area contributed by atoms with Crippen LogP contribution < -0.4 is 10.6 Å². The van der Waals surface area contributed by atoms with E-state index in [-0.39, 0.29) is 5.91 Å². The summed E-state index contributed by atoms with van der Waals surface area (Å²) in [6, 6.07) is 11.4. The number of hydrogen-bond donors (Lipinski definition) is 2. The Morgan fingerprint density at radius 3 is 2.54 bits per heavy atom. The Labute approximate surface area is 156 Å². The van der Waals surface area contributed by atoms with Crippen LogP contribution in [0.2, 0.25) is 0 Å². The minimum atomic E-state index is -0.172. The van der Waals surface area contributed by atoms with Crippen LogP contribution in [-0.2, 0) is 0 Å². The van der Waals surface area contributed by atoms with E-state index in [4.69, 9.17) is 0 Å². The second-order valence-electron chi connectivity index (χ2n) is 7.02. The van der Waals surface area contributed by atoms with Crippen molar-refractivity contribution in [1.82, 2.24) is 20.2 Å². The van der Waals surface area contributed by atoms with E-state index in [0.717, 1.165) is 25.1 Å². The Morgan fingerprint density at radius 1 is 1.15 bits per heavy atom. The quantitative estimate of drug-likeness (QED) is 0.677. The molecule has 0 unspecified atom stereocenters. The molecule has 140 valence electrons. The van der Waals surface area contributed by atoms with E-state index in [1.54, 1.807) is 6.07 Å². The standard InChI is InChI=1S/C20H29N5O/c1-15(2)14-22-20(26)17-13-18(21-11-8-12-25(3)4)24-19(23-17)16-9-6-5-7-10-16/h5-7,9-10,13,15H,8,11-12,14H2,1-4H3,(H,22,26)(H,21,23,24). The third-order valence-corrected chi connectivity index (χ3v) is 3.75. The number of carbonyl (C=O) groups is 1. The van der Waals surface area contributed by atoms with Gasteiger partial charge in [0.2, 0.25) is 0 Å². The molecule has 0 atom stereocenters. The molecule has 0 aliphatic rings. The summed E-state index contributed by atoms with van der Waals surface area (Å²) in [6.45, 7) is 6.53. The van der Waals surface area contributed by atoms with Crippen LogP contribution in [0.3, 0.4) is 0 Å². The van der Waals surface area contributed by atoms with E-state index in [9.17, 15) is 4.79 Å². The summed E-state index contributed by atoms with van der Waals surface area (Å²) in [5.74, 6) is 1.44. The van der Waals surface area contributed by atoms with Gasteiger partial charge >= 0.3 is 0 Å². The lowest BCUT2D eigenvalue weighted by atomic mass is 10.2. The number of amides is 1.